The summed E-state index contributed by atoms with van der Waals surface area (Å²) in [5.74, 6) is 0.779. The van der Waals surface area contributed by atoms with E-state index in [-0.39, 0.29) is 5.82 Å². The fourth-order valence-corrected chi connectivity index (χ4v) is 2.55. The van der Waals surface area contributed by atoms with Gasteiger partial charge in [0.2, 0.25) is 5.95 Å². The molecule has 0 amide bonds. The lowest BCUT2D eigenvalue weighted by Crippen LogP contribution is -2.09. The predicted molar refractivity (Wildman–Crippen MR) is 96.7 cm³/mol. The summed E-state index contributed by atoms with van der Waals surface area (Å²) in [4.78, 5) is 20.2. The van der Waals surface area contributed by atoms with Crippen LogP contribution in [0.2, 0.25) is 0 Å². The van der Waals surface area contributed by atoms with Gasteiger partial charge in [-0.25, -0.2) is 14.4 Å². The summed E-state index contributed by atoms with van der Waals surface area (Å²) in [7, 11) is 0. The third kappa shape index (κ3) is 3.61. The third-order valence-electron chi connectivity index (χ3n) is 3.83. The van der Waals surface area contributed by atoms with Gasteiger partial charge in [-0.1, -0.05) is 0 Å². The predicted octanol–water partition coefficient (Wildman–Crippen LogP) is 2.93. The molecule has 0 bridgehead atoms. The van der Waals surface area contributed by atoms with E-state index < -0.39 is 0 Å². The molecule has 0 aliphatic rings. The summed E-state index contributed by atoms with van der Waals surface area (Å²) in [6, 6.07) is 6.08. The zero-order chi connectivity index (χ0) is 17.8. The molecule has 8 nitrogen and oxygen atoms in total. The SMILES string of the molecule is Fc1ccc(Nc2nc(NCCCn3ccnc3)nc3nc[nH]c23)cc1. The Kier molecular flexibility index (Phi) is 4.42. The third-order valence-corrected chi connectivity index (χ3v) is 3.83. The van der Waals surface area contributed by atoms with E-state index in [1.54, 1.807) is 31.0 Å². The molecule has 0 atom stereocenters. The summed E-state index contributed by atoms with van der Waals surface area (Å²) < 4.78 is 15.1. The second-order valence-corrected chi connectivity index (χ2v) is 5.71. The molecular weight excluding hydrogens is 335 g/mol. The average molecular weight is 352 g/mol. The second kappa shape index (κ2) is 7.18. The van der Waals surface area contributed by atoms with E-state index in [1.807, 2.05) is 10.8 Å². The molecule has 0 radical (unpaired) electrons. The van der Waals surface area contributed by atoms with Crippen LogP contribution in [0.15, 0.2) is 49.3 Å². The maximum absolute atomic E-state index is 13.1. The molecule has 26 heavy (non-hydrogen) atoms. The Morgan fingerprint density at radius 3 is 2.85 bits per heavy atom. The zero-order valence-corrected chi connectivity index (χ0v) is 13.9. The Morgan fingerprint density at radius 1 is 1.15 bits per heavy atom. The van der Waals surface area contributed by atoms with Crippen LogP contribution < -0.4 is 10.6 Å². The number of H-pyrrole nitrogens is 1. The first-order valence-electron chi connectivity index (χ1n) is 8.21. The van der Waals surface area contributed by atoms with Crippen LogP contribution in [-0.4, -0.2) is 36.0 Å². The van der Waals surface area contributed by atoms with Gasteiger partial charge in [0, 0.05) is 31.2 Å². The summed E-state index contributed by atoms with van der Waals surface area (Å²) >= 11 is 0. The number of aryl methyl sites for hydroxylation is 1. The molecule has 132 valence electrons. The van der Waals surface area contributed by atoms with Crippen molar-refractivity contribution in [2.45, 2.75) is 13.0 Å². The fourth-order valence-electron chi connectivity index (χ4n) is 2.55. The van der Waals surface area contributed by atoms with Gasteiger partial charge >= 0.3 is 0 Å². The minimum Gasteiger partial charge on any atom is -0.354 e. The number of fused-ring (bicyclic) bond motifs is 1. The summed E-state index contributed by atoms with van der Waals surface area (Å²) in [5, 5.41) is 6.39. The molecule has 0 aliphatic heterocycles. The van der Waals surface area contributed by atoms with Gasteiger partial charge in [0.1, 0.15) is 11.3 Å². The van der Waals surface area contributed by atoms with E-state index >= 15 is 0 Å². The van der Waals surface area contributed by atoms with Crippen LogP contribution in [0.1, 0.15) is 6.42 Å². The Balaban J connectivity index is 1.47. The van der Waals surface area contributed by atoms with Crippen molar-refractivity contribution in [3.05, 3.63) is 55.1 Å². The molecule has 3 N–H and O–H groups in total. The molecule has 0 aliphatic carbocycles. The van der Waals surface area contributed by atoms with Gasteiger partial charge in [-0.3, -0.25) is 0 Å². The Hall–Kier alpha value is -3.49. The molecular formula is C17H17FN8. The number of hydrogen-bond donors (Lipinski definition) is 3. The van der Waals surface area contributed by atoms with Crippen molar-refractivity contribution in [2.75, 3.05) is 17.2 Å². The second-order valence-electron chi connectivity index (χ2n) is 5.71. The number of rotatable bonds is 7. The van der Waals surface area contributed by atoms with Gasteiger partial charge in [0.15, 0.2) is 11.5 Å². The fraction of sp³-hybridized carbons (Fsp3) is 0.176. The number of anilines is 3. The largest absolute Gasteiger partial charge is 0.354 e. The van der Waals surface area contributed by atoms with Gasteiger partial charge in [-0.05, 0) is 30.7 Å². The highest BCUT2D eigenvalue weighted by Crippen LogP contribution is 2.22. The highest BCUT2D eigenvalue weighted by molar-refractivity contribution is 5.85. The highest BCUT2D eigenvalue weighted by Gasteiger charge is 2.10. The van der Waals surface area contributed by atoms with Crippen LogP contribution in [0, 0.1) is 5.82 Å². The molecule has 3 heterocycles. The van der Waals surface area contributed by atoms with Crippen LogP contribution in [0.25, 0.3) is 11.2 Å². The van der Waals surface area contributed by atoms with Gasteiger partial charge < -0.3 is 20.2 Å². The normalized spacial score (nSPS) is 11.0. The van der Waals surface area contributed by atoms with Crippen LogP contribution >= 0.6 is 0 Å². The zero-order valence-electron chi connectivity index (χ0n) is 13.9. The van der Waals surface area contributed by atoms with E-state index in [1.165, 1.54) is 12.1 Å². The van der Waals surface area contributed by atoms with Crippen molar-refractivity contribution >= 4 is 28.6 Å². The molecule has 4 rings (SSSR count). The first kappa shape index (κ1) is 16.0. The van der Waals surface area contributed by atoms with Crippen molar-refractivity contribution in [3.8, 4) is 0 Å². The van der Waals surface area contributed by atoms with E-state index in [9.17, 15) is 4.39 Å². The molecule has 0 unspecified atom stereocenters. The van der Waals surface area contributed by atoms with Gasteiger partial charge in [0.05, 0.1) is 12.7 Å². The van der Waals surface area contributed by atoms with Gasteiger partial charge in [-0.15, -0.1) is 0 Å². The molecule has 0 saturated carbocycles. The number of imidazole rings is 2. The molecule has 1 aromatic carbocycles. The van der Waals surface area contributed by atoms with Crippen LogP contribution in [-0.2, 0) is 6.54 Å². The van der Waals surface area contributed by atoms with E-state index in [4.69, 9.17) is 0 Å². The number of benzene rings is 1. The molecule has 0 fully saturated rings. The Morgan fingerprint density at radius 2 is 2.04 bits per heavy atom. The lowest BCUT2D eigenvalue weighted by Gasteiger charge is -2.10. The van der Waals surface area contributed by atoms with Gasteiger partial charge in [-0.2, -0.15) is 9.97 Å². The number of nitrogens with one attached hydrogen (secondary N) is 3. The minimum atomic E-state index is -0.287. The first-order valence-corrected chi connectivity index (χ1v) is 8.21. The smallest absolute Gasteiger partial charge is 0.226 e. The molecule has 4 aromatic rings. The Labute approximate surface area is 148 Å². The first-order chi connectivity index (χ1) is 12.8. The quantitative estimate of drug-likeness (QED) is 0.443. The monoisotopic (exact) mass is 352 g/mol. The molecule has 0 saturated heterocycles. The van der Waals surface area contributed by atoms with Crippen molar-refractivity contribution in [3.63, 3.8) is 0 Å². The van der Waals surface area contributed by atoms with Gasteiger partial charge in [0.25, 0.3) is 0 Å². The topological polar surface area (TPSA) is 96.3 Å². The number of nitrogens with zero attached hydrogens (tertiary/aromatic N) is 5. The van der Waals surface area contributed by atoms with Crippen LogP contribution in [0.4, 0.5) is 21.8 Å². The van der Waals surface area contributed by atoms with E-state index in [2.05, 4.69) is 35.6 Å². The van der Waals surface area contributed by atoms with Crippen molar-refractivity contribution in [1.29, 1.82) is 0 Å². The summed E-state index contributed by atoms with van der Waals surface area (Å²) in [5.41, 5.74) is 1.98. The lowest BCUT2D eigenvalue weighted by atomic mass is 10.3. The summed E-state index contributed by atoms with van der Waals surface area (Å²) in [6.07, 6.45) is 7.94. The van der Waals surface area contributed by atoms with Crippen LogP contribution in [0.5, 0.6) is 0 Å². The van der Waals surface area contributed by atoms with E-state index in [0.717, 1.165) is 18.7 Å². The number of aromatic amines is 1. The minimum absolute atomic E-state index is 0.287. The standard InChI is InChI=1S/C17H17FN8/c18-12-2-4-13(5-3-12)23-16-14-15(22-10-21-14)24-17(25-16)20-6-1-8-26-9-7-19-11-26/h2-5,7,9-11H,1,6,8H2,(H3,20,21,22,23,24,25). The van der Waals surface area contributed by atoms with Crippen molar-refractivity contribution in [1.82, 2.24) is 29.5 Å². The maximum Gasteiger partial charge on any atom is 0.226 e. The molecule has 9 heteroatoms. The lowest BCUT2D eigenvalue weighted by molar-refractivity contribution is 0.628. The highest BCUT2D eigenvalue weighted by atomic mass is 19.1. The summed E-state index contributed by atoms with van der Waals surface area (Å²) in [6.45, 7) is 1.57. The molecule has 0 spiro atoms. The number of hydrogen-bond acceptors (Lipinski definition) is 6. The number of aromatic nitrogens is 6. The average Bonchev–Trinajstić information content (AvgIpc) is 3.32. The maximum atomic E-state index is 13.1. The Bertz CT molecular complexity index is 978. The van der Waals surface area contributed by atoms with Crippen LogP contribution in [0.3, 0.4) is 0 Å². The molecule has 3 aromatic heterocycles. The number of halogens is 1. The van der Waals surface area contributed by atoms with E-state index in [0.29, 0.717) is 29.5 Å². The van der Waals surface area contributed by atoms with Crippen molar-refractivity contribution in [2.24, 2.45) is 0 Å². The van der Waals surface area contributed by atoms with Crippen molar-refractivity contribution < 1.29 is 4.39 Å².